The number of aromatic amines is 1. The van der Waals surface area contributed by atoms with E-state index < -0.39 is 5.82 Å². The third-order valence-corrected chi connectivity index (χ3v) is 3.50. The van der Waals surface area contributed by atoms with E-state index in [0.29, 0.717) is 16.7 Å². The Balaban J connectivity index is 2.36. The van der Waals surface area contributed by atoms with E-state index >= 15 is 0 Å². The number of ether oxygens (including phenoxy) is 1. The third kappa shape index (κ3) is 2.25. The van der Waals surface area contributed by atoms with Crippen LogP contribution in [0.3, 0.4) is 0 Å². The average Bonchev–Trinajstić information content (AvgIpc) is 2.49. The fourth-order valence-electron chi connectivity index (χ4n) is 2.13. The predicted octanol–water partition coefficient (Wildman–Crippen LogP) is 3.39. The van der Waals surface area contributed by atoms with Crippen LogP contribution in [0.15, 0.2) is 41.2 Å². The third-order valence-electron chi connectivity index (χ3n) is 3.13. The highest BCUT2D eigenvalue weighted by Crippen LogP contribution is 2.36. The number of para-hydroxylation sites is 1. The predicted molar refractivity (Wildman–Crippen MR) is 79.3 cm³/mol. The number of nitrogens with one attached hydrogen (secondary N) is 1. The number of hydrogen-bond donors (Lipinski definition) is 1. The van der Waals surface area contributed by atoms with Crippen molar-refractivity contribution in [1.29, 1.82) is 0 Å². The first-order chi connectivity index (χ1) is 10.1. The Morgan fingerprint density at radius 2 is 2.00 bits per heavy atom. The molecule has 0 atom stereocenters. The summed E-state index contributed by atoms with van der Waals surface area (Å²) in [6, 6.07) is 9.51. The van der Waals surface area contributed by atoms with Gasteiger partial charge in [-0.2, -0.15) is 0 Å². The summed E-state index contributed by atoms with van der Waals surface area (Å²) in [7, 11) is 1.44. The molecule has 0 aliphatic carbocycles. The molecule has 0 bridgehead atoms. The van der Waals surface area contributed by atoms with Crippen LogP contribution in [0.1, 0.15) is 0 Å². The SMILES string of the molecule is COc1ccc(F)c(Cl)c1-c1nc2ccccc2c(=O)[nH]1. The van der Waals surface area contributed by atoms with E-state index in [4.69, 9.17) is 16.3 Å². The maximum Gasteiger partial charge on any atom is 0.259 e. The molecule has 1 aromatic heterocycles. The number of halogens is 2. The molecular weight excluding hydrogens is 295 g/mol. The molecule has 2 aromatic carbocycles. The van der Waals surface area contributed by atoms with E-state index in [1.807, 2.05) is 0 Å². The minimum absolute atomic E-state index is 0.146. The zero-order chi connectivity index (χ0) is 15.0. The van der Waals surface area contributed by atoms with Crippen molar-refractivity contribution in [3.05, 3.63) is 57.6 Å². The average molecular weight is 305 g/mol. The summed E-state index contributed by atoms with van der Waals surface area (Å²) in [4.78, 5) is 19.0. The van der Waals surface area contributed by atoms with E-state index in [0.717, 1.165) is 0 Å². The molecule has 0 radical (unpaired) electrons. The number of fused-ring (bicyclic) bond motifs is 1. The maximum absolute atomic E-state index is 13.7. The molecule has 1 N–H and O–H groups in total. The molecule has 0 saturated heterocycles. The number of aromatic nitrogens is 2. The topological polar surface area (TPSA) is 55.0 Å². The van der Waals surface area contributed by atoms with Crippen molar-refractivity contribution in [1.82, 2.24) is 9.97 Å². The van der Waals surface area contributed by atoms with Crippen LogP contribution in [0, 0.1) is 5.82 Å². The van der Waals surface area contributed by atoms with Crippen LogP contribution in [0.4, 0.5) is 4.39 Å². The summed E-state index contributed by atoms with van der Waals surface area (Å²) in [6.45, 7) is 0. The molecule has 1 heterocycles. The van der Waals surface area contributed by atoms with E-state index in [1.54, 1.807) is 24.3 Å². The van der Waals surface area contributed by atoms with Gasteiger partial charge in [0.15, 0.2) is 0 Å². The summed E-state index contributed by atoms with van der Waals surface area (Å²) in [5.41, 5.74) is 0.402. The molecule has 6 heteroatoms. The van der Waals surface area contributed by atoms with Gasteiger partial charge in [0.1, 0.15) is 17.4 Å². The van der Waals surface area contributed by atoms with Crippen molar-refractivity contribution in [2.24, 2.45) is 0 Å². The molecule has 3 rings (SSSR count). The lowest BCUT2D eigenvalue weighted by Gasteiger charge is -2.10. The summed E-state index contributed by atoms with van der Waals surface area (Å²) in [5.74, 6) is -0.108. The van der Waals surface area contributed by atoms with Crippen LogP contribution in [0.5, 0.6) is 5.75 Å². The second kappa shape index (κ2) is 5.18. The second-order valence-electron chi connectivity index (χ2n) is 4.37. The maximum atomic E-state index is 13.7. The number of rotatable bonds is 2. The van der Waals surface area contributed by atoms with Crippen LogP contribution in [0.25, 0.3) is 22.3 Å². The lowest BCUT2D eigenvalue weighted by atomic mass is 10.1. The molecule has 0 aliphatic rings. The highest BCUT2D eigenvalue weighted by molar-refractivity contribution is 6.33. The van der Waals surface area contributed by atoms with Gasteiger partial charge in [-0.05, 0) is 24.3 Å². The quantitative estimate of drug-likeness (QED) is 0.789. The van der Waals surface area contributed by atoms with Gasteiger partial charge in [0.25, 0.3) is 5.56 Å². The van der Waals surface area contributed by atoms with Crippen LogP contribution in [-0.4, -0.2) is 17.1 Å². The molecule has 0 saturated carbocycles. The molecule has 21 heavy (non-hydrogen) atoms. The molecule has 0 fully saturated rings. The minimum Gasteiger partial charge on any atom is -0.496 e. The fourth-order valence-corrected chi connectivity index (χ4v) is 2.37. The van der Waals surface area contributed by atoms with Gasteiger partial charge in [0, 0.05) is 0 Å². The Morgan fingerprint density at radius 1 is 1.24 bits per heavy atom. The normalized spacial score (nSPS) is 10.8. The van der Waals surface area contributed by atoms with Crippen LogP contribution in [0.2, 0.25) is 5.02 Å². The van der Waals surface area contributed by atoms with Gasteiger partial charge in [-0.1, -0.05) is 23.7 Å². The Labute approximate surface area is 124 Å². The molecule has 0 amide bonds. The summed E-state index contributed by atoms with van der Waals surface area (Å²) >= 11 is 6.00. The first kappa shape index (κ1) is 13.6. The van der Waals surface area contributed by atoms with Gasteiger partial charge < -0.3 is 9.72 Å². The lowest BCUT2D eigenvalue weighted by Crippen LogP contribution is -2.10. The van der Waals surface area contributed by atoms with Gasteiger partial charge >= 0.3 is 0 Å². The van der Waals surface area contributed by atoms with Crippen molar-refractivity contribution in [3.8, 4) is 17.1 Å². The first-order valence-corrected chi connectivity index (χ1v) is 6.51. The van der Waals surface area contributed by atoms with Crippen molar-refractivity contribution in [2.75, 3.05) is 7.11 Å². The second-order valence-corrected chi connectivity index (χ2v) is 4.75. The molecule has 0 unspecified atom stereocenters. The lowest BCUT2D eigenvalue weighted by molar-refractivity contribution is 0.415. The van der Waals surface area contributed by atoms with Crippen molar-refractivity contribution in [2.45, 2.75) is 0 Å². The monoisotopic (exact) mass is 304 g/mol. The van der Waals surface area contributed by atoms with Gasteiger partial charge in [0.2, 0.25) is 0 Å². The number of hydrogen-bond acceptors (Lipinski definition) is 3. The largest absolute Gasteiger partial charge is 0.496 e. The number of benzene rings is 2. The molecule has 0 aliphatic heterocycles. The number of methoxy groups -OCH3 is 1. The van der Waals surface area contributed by atoms with Gasteiger partial charge in [-0.3, -0.25) is 4.79 Å². The van der Waals surface area contributed by atoms with E-state index in [1.165, 1.54) is 19.2 Å². The molecular formula is C15H10ClFN2O2. The zero-order valence-electron chi connectivity index (χ0n) is 11.0. The molecule has 3 aromatic rings. The Kier molecular flexibility index (Phi) is 3.35. The standard InChI is InChI=1S/C15H10ClFN2O2/c1-21-11-7-6-9(17)13(16)12(11)14-18-10-5-3-2-4-8(10)15(20)19-14/h2-7H,1H3,(H,18,19,20). The van der Waals surface area contributed by atoms with E-state index in [9.17, 15) is 9.18 Å². The van der Waals surface area contributed by atoms with Crippen molar-refractivity contribution in [3.63, 3.8) is 0 Å². The van der Waals surface area contributed by atoms with Gasteiger partial charge in [-0.15, -0.1) is 0 Å². The van der Waals surface area contributed by atoms with Crippen LogP contribution < -0.4 is 10.3 Å². The smallest absolute Gasteiger partial charge is 0.259 e. The van der Waals surface area contributed by atoms with E-state index in [-0.39, 0.29) is 22.0 Å². The summed E-state index contributed by atoms with van der Waals surface area (Å²) in [6.07, 6.45) is 0. The molecule has 0 spiro atoms. The molecule has 106 valence electrons. The highest BCUT2D eigenvalue weighted by atomic mass is 35.5. The summed E-state index contributed by atoms with van der Waals surface area (Å²) < 4.78 is 18.9. The number of H-pyrrole nitrogens is 1. The zero-order valence-corrected chi connectivity index (χ0v) is 11.7. The highest BCUT2D eigenvalue weighted by Gasteiger charge is 2.17. The fraction of sp³-hybridized carbons (Fsp3) is 0.0667. The minimum atomic E-state index is -0.608. The Morgan fingerprint density at radius 3 is 2.76 bits per heavy atom. The Bertz CT molecular complexity index is 892. The van der Waals surface area contributed by atoms with Gasteiger partial charge in [-0.25, -0.2) is 9.37 Å². The van der Waals surface area contributed by atoms with Crippen LogP contribution >= 0.6 is 11.6 Å². The Hall–Kier alpha value is -2.40. The van der Waals surface area contributed by atoms with Gasteiger partial charge in [0.05, 0.1) is 28.6 Å². The molecule has 4 nitrogen and oxygen atoms in total. The van der Waals surface area contributed by atoms with E-state index in [2.05, 4.69) is 9.97 Å². The van der Waals surface area contributed by atoms with Crippen molar-refractivity contribution >= 4 is 22.5 Å². The van der Waals surface area contributed by atoms with Crippen LogP contribution in [-0.2, 0) is 0 Å². The summed E-state index contributed by atoms with van der Waals surface area (Å²) in [5, 5.41) is 0.306. The number of nitrogens with zero attached hydrogens (tertiary/aromatic N) is 1. The van der Waals surface area contributed by atoms with Crippen molar-refractivity contribution < 1.29 is 9.13 Å². The first-order valence-electron chi connectivity index (χ1n) is 6.13.